The fourth-order valence-electron chi connectivity index (χ4n) is 2.88. The van der Waals surface area contributed by atoms with Crippen LogP contribution in [0.1, 0.15) is 20.7 Å². The predicted octanol–water partition coefficient (Wildman–Crippen LogP) is 3.34. The first-order valence-corrected chi connectivity index (χ1v) is 8.09. The minimum atomic E-state index is -0.414. The summed E-state index contributed by atoms with van der Waals surface area (Å²) in [6.07, 6.45) is 0. The highest BCUT2D eigenvalue weighted by Crippen LogP contribution is 2.24. The fraction of sp³-hybridized carbons (Fsp3) is 0. The van der Waals surface area contributed by atoms with Crippen molar-refractivity contribution in [3.63, 3.8) is 0 Å². The van der Waals surface area contributed by atoms with Gasteiger partial charge in [0.05, 0.1) is 11.1 Å². The summed E-state index contributed by atoms with van der Waals surface area (Å²) >= 11 is 5.28. The molecule has 0 unspecified atom stereocenters. The highest BCUT2D eigenvalue weighted by Gasteiger charge is 2.36. The van der Waals surface area contributed by atoms with Crippen molar-refractivity contribution >= 4 is 45.6 Å². The summed E-state index contributed by atoms with van der Waals surface area (Å²) in [6.45, 7) is 0. The van der Waals surface area contributed by atoms with Crippen molar-refractivity contribution in [1.29, 1.82) is 0 Å². The lowest BCUT2D eigenvalue weighted by molar-refractivity contribution is 0.0613. The Kier molecular flexibility index (Phi) is 3.66. The summed E-state index contributed by atoms with van der Waals surface area (Å²) in [7, 11) is 0. The summed E-state index contributed by atoms with van der Waals surface area (Å²) in [5.41, 5.74) is 4.23. The van der Waals surface area contributed by atoms with Gasteiger partial charge in [-0.1, -0.05) is 48.5 Å². The average Bonchev–Trinajstić information content (AvgIpc) is 2.87. The van der Waals surface area contributed by atoms with Crippen molar-refractivity contribution in [2.45, 2.75) is 0 Å². The fourth-order valence-corrected chi connectivity index (χ4v) is 3.08. The Balaban J connectivity index is 1.55. The molecule has 3 aromatic rings. The van der Waals surface area contributed by atoms with Gasteiger partial charge < -0.3 is 5.32 Å². The molecule has 0 atom stereocenters. The zero-order valence-corrected chi connectivity index (χ0v) is 13.8. The normalized spacial score (nSPS) is 13.0. The number of hydrogen-bond acceptors (Lipinski definition) is 3. The molecule has 0 aromatic heterocycles. The standard InChI is InChI=1S/C19H13N3O2S/c23-17-14-9-3-4-10-15(14)18(24)22(17)21-19(25)20-16-11-5-7-12-6-1-2-8-13(12)16/h1-11H,(H2,20,21,25). The number of thiocarbonyl (C=S) groups is 1. The van der Waals surface area contributed by atoms with Crippen LogP contribution in [0.15, 0.2) is 66.7 Å². The van der Waals surface area contributed by atoms with E-state index in [1.807, 2.05) is 42.5 Å². The molecule has 0 aliphatic carbocycles. The topological polar surface area (TPSA) is 61.4 Å². The maximum Gasteiger partial charge on any atom is 0.280 e. The maximum absolute atomic E-state index is 12.4. The number of nitrogens with one attached hydrogen (secondary N) is 2. The predicted molar refractivity (Wildman–Crippen MR) is 100 cm³/mol. The third kappa shape index (κ3) is 2.62. The number of nitrogens with zero attached hydrogens (tertiary/aromatic N) is 1. The Labute approximate surface area is 149 Å². The lowest BCUT2D eigenvalue weighted by Gasteiger charge is -2.18. The van der Waals surface area contributed by atoms with Gasteiger partial charge in [0.25, 0.3) is 11.8 Å². The number of carbonyl (C=O) groups excluding carboxylic acids is 2. The van der Waals surface area contributed by atoms with E-state index in [2.05, 4.69) is 10.7 Å². The molecular formula is C19H13N3O2S. The Bertz CT molecular complexity index is 992. The van der Waals surface area contributed by atoms with E-state index in [0.29, 0.717) is 11.1 Å². The zero-order valence-electron chi connectivity index (χ0n) is 13.0. The Morgan fingerprint density at radius 2 is 1.40 bits per heavy atom. The second kappa shape index (κ2) is 5.99. The molecule has 0 saturated carbocycles. The van der Waals surface area contributed by atoms with Crippen LogP contribution in [0.4, 0.5) is 5.69 Å². The van der Waals surface area contributed by atoms with E-state index >= 15 is 0 Å². The highest BCUT2D eigenvalue weighted by atomic mass is 32.1. The van der Waals surface area contributed by atoms with Crippen LogP contribution in [0.25, 0.3) is 10.8 Å². The van der Waals surface area contributed by atoms with Gasteiger partial charge in [0.1, 0.15) is 0 Å². The monoisotopic (exact) mass is 347 g/mol. The first-order chi connectivity index (χ1) is 12.1. The molecule has 1 heterocycles. The molecule has 0 radical (unpaired) electrons. The van der Waals surface area contributed by atoms with Crippen LogP contribution in [0, 0.1) is 0 Å². The van der Waals surface area contributed by atoms with Gasteiger partial charge in [0.2, 0.25) is 0 Å². The van der Waals surface area contributed by atoms with Gasteiger partial charge in [0, 0.05) is 11.1 Å². The molecule has 0 fully saturated rings. The number of fused-ring (bicyclic) bond motifs is 2. The summed E-state index contributed by atoms with van der Waals surface area (Å²) in [5, 5.41) is 6.22. The first-order valence-electron chi connectivity index (χ1n) is 7.68. The van der Waals surface area contributed by atoms with E-state index in [9.17, 15) is 9.59 Å². The molecule has 2 amide bonds. The van der Waals surface area contributed by atoms with Crippen molar-refractivity contribution in [1.82, 2.24) is 10.4 Å². The smallest absolute Gasteiger partial charge is 0.280 e. The molecule has 25 heavy (non-hydrogen) atoms. The van der Waals surface area contributed by atoms with E-state index in [1.165, 1.54) is 0 Å². The molecule has 0 spiro atoms. The number of carbonyl (C=O) groups is 2. The van der Waals surface area contributed by atoms with E-state index in [4.69, 9.17) is 12.2 Å². The highest BCUT2D eigenvalue weighted by molar-refractivity contribution is 7.80. The number of imide groups is 1. The van der Waals surface area contributed by atoms with Crippen LogP contribution >= 0.6 is 12.2 Å². The van der Waals surface area contributed by atoms with Gasteiger partial charge >= 0.3 is 0 Å². The summed E-state index contributed by atoms with van der Waals surface area (Å²) < 4.78 is 0. The summed E-state index contributed by atoms with van der Waals surface area (Å²) in [6, 6.07) is 20.4. The summed E-state index contributed by atoms with van der Waals surface area (Å²) in [4.78, 5) is 24.7. The lowest BCUT2D eigenvalue weighted by atomic mass is 10.1. The second-order valence-electron chi connectivity index (χ2n) is 5.58. The average molecular weight is 347 g/mol. The van der Waals surface area contributed by atoms with E-state index in [0.717, 1.165) is 21.5 Å². The van der Waals surface area contributed by atoms with Crippen molar-refractivity contribution in [3.8, 4) is 0 Å². The van der Waals surface area contributed by atoms with E-state index in [1.54, 1.807) is 24.3 Å². The molecule has 2 N–H and O–H groups in total. The Morgan fingerprint density at radius 3 is 2.12 bits per heavy atom. The van der Waals surface area contributed by atoms with Gasteiger partial charge in [-0.05, 0) is 35.8 Å². The van der Waals surface area contributed by atoms with Gasteiger partial charge in [0.15, 0.2) is 5.11 Å². The largest absolute Gasteiger partial charge is 0.331 e. The molecule has 0 bridgehead atoms. The van der Waals surface area contributed by atoms with Crippen LogP contribution in [-0.2, 0) is 0 Å². The molecule has 1 aliphatic heterocycles. The van der Waals surface area contributed by atoms with Crippen molar-refractivity contribution < 1.29 is 9.59 Å². The number of benzene rings is 3. The van der Waals surface area contributed by atoms with E-state index < -0.39 is 11.8 Å². The van der Waals surface area contributed by atoms with Crippen LogP contribution in [0.3, 0.4) is 0 Å². The molecule has 3 aromatic carbocycles. The van der Waals surface area contributed by atoms with Crippen molar-refractivity contribution in [2.75, 3.05) is 5.32 Å². The molecule has 122 valence electrons. The third-order valence-electron chi connectivity index (χ3n) is 4.05. The third-order valence-corrected chi connectivity index (χ3v) is 4.24. The van der Waals surface area contributed by atoms with Crippen molar-refractivity contribution in [3.05, 3.63) is 77.9 Å². The number of amides is 2. The number of hydrogen-bond donors (Lipinski definition) is 2. The van der Waals surface area contributed by atoms with Crippen LogP contribution in [0.2, 0.25) is 0 Å². The Hall–Kier alpha value is -3.25. The SMILES string of the molecule is O=C1c2ccccc2C(=O)N1NC(=S)Nc1cccc2ccccc12. The molecule has 5 nitrogen and oxygen atoms in total. The molecule has 0 saturated heterocycles. The molecule has 4 rings (SSSR count). The molecule has 6 heteroatoms. The van der Waals surface area contributed by atoms with E-state index in [-0.39, 0.29) is 5.11 Å². The van der Waals surface area contributed by atoms with Crippen LogP contribution in [0.5, 0.6) is 0 Å². The van der Waals surface area contributed by atoms with Crippen LogP contribution < -0.4 is 10.7 Å². The quantitative estimate of drug-likeness (QED) is 0.550. The van der Waals surface area contributed by atoms with Gasteiger partial charge in [-0.25, -0.2) is 0 Å². The lowest BCUT2D eigenvalue weighted by Crippen LogP contribution is -2.47. The summed E-state index contributed by atoms with van der Waals surface area (Å²) in [5.74, 6) is -0.828. The Morgan fingerprint density at radius 1 is 0.800 bits per heavy atom. The molecular weight excluding hydrogens is 334 g/mol. The number of rotatable bonds is 2. The second-order valence-corrected chi connectivity index (χ2v) is 5.99. The minimum absolute atomic E-state index is 0.172. The van der Waals surface area contributed by atoms with Gasteiger partial charge in [-0.2, -0.15) is 5.01 Å². The minimum Gasteiger partial charge on any atom is -0.331 e. The first kappa shape index (κ1) is 15.3. The van der Waals surface area contributed by atoms with Crippen molar-refractivity contribution in [2.24, 2.45) is 0 Å². The van der Waals surface area contributed by atoms with Gasteiger partial charge in [-0.3, -0.25) is 15.0 Å². The number of anilines is 1. The van der Waals surface area contributed by atoms with Crippen LogP contribution in [-0.4, -0.2) is 21.9 Å². The number of hydrazine groups is 1. The molecule has 1 aliphatic rings. The maximum atomic E-state index is 12.4. The zero-order chi connectivity index (χ0) is 17.4. The van der Waals surface area contributed by atoms with Gasteiger partial charge in [-0.15, -0.1) is 0 Å².